The van der Waals surface area contributed by atoms with Crippen molar-refractivity contribution in [1.29, 1.82) is 0 Å². The fourth-order valence-electron chi connectivity index (χ4n) is 2.60. The maximum absolute atomic E-state index is 11.8. The van der Waals surface area contributed by atoms with Crippen molar-refractivity contribution in [3.63, 3.8) is 0 Å². The van der Waals surface area contributed by atoms with Gasteiger partial charge in [-0.25, -0.2) is 4.98 Å². The zero-order valence-electron chi connectivity index (χ0n) is 13.3. The largest absolute Gasteiger partial charge is 0.486 e. The van der Waals surface area contributed by atoms with Crippen molar-refractivity contribution in [1.82, 2.24) is 15.3 Å². The second-order valence-electron chi connectivity index (χ2n) is 5.80. The Hall–Kier alpha value is -2.09. The molecule has 1 aliphatic rings. The van der Waals surface area contributed by atoms with E-state index < -0.39 is 0 Å². The van der Waals surface area contributed by atoms with Gasteiger partial charge in [-0.3, -0.25) is 4.79 Å². The minimum absolute atomic E-state index is 0.0739. The van der Waals surface area contributed by atoms with Crippen LogP contribution < -0.4 is 10.1 Å². The van der Waals surface area contributed by atoms with Gasteiger partial charge in [0, 0.05) is 34.5 Å². The summed E-state index contributed by atoms with van der Waals surface area (Å²) in [6.07, 6.45) is 0.484. The number of aromatic nitrogens is 2. The fourth-order valence-corrected chi connectivity index (χ4v) is 3.37. The summed E-state index contributed by atoms with van der Waals surface area (Å²) in [7, 11) is 0. The van der Waals surface area contributed by atoms with Gasteiger partial charge < -0.3 is 19.8 Å². The number of benzene rings is 1. The van der Waals surface area contributed by atoms with Crippen LogP contribution in [0.4, 0.5) is 0 Å². The third-order valence-corrected chi connectivity index (χ3v) is 4.96. The summed E-state index contributed by atoms with van der Waals surface area (Å²) in [5, 5.41) is 6.32. The van der Waals surface area contributed by atoms with E-state index in [1.165, 1.54) is 11.3 Å². The lowest BCUT2D eigenvalue weighted by molar-refractivity contribution is -0.145. The van der Waals surface area contributed by atoms with E-state index in [2.05, 4.69) is 15.3 Å². The van der Waals surface area contributed by atoms with Crippen molar-refractivity contribution in [3.05, 3.63) is 45.5 Å². The molecule has 1 atom stereocenters. The monoisotopic (exact) mass is 377 g/mol. The number of amides is 1. The number of nitrogens with zero attached hydrogens (tertiary/aromatic N) is 1. The Bertz CT molecular complexity index is 890. The van der Waals surface area contributed by atoms with Crippen molar-refractivity contribution in [2.75, 3.05) is 6.61 Å². The molecule has 1 amide bonds. The van der Waals surface area contributed by atoms with Crippen molar-refractivity contribution >= 4 is 39.7 Å². The van der Waals surface area contributed by atoms with E-state index >= 15 is 0 Å². The molecule has 3 heterocycles. The van der Waals surface area contributed by atoms with Crippen molar-refractivity contribution in [2.45, 2.75) is 25.7 Å². The molecular formula is C17H16ClN3O3S. The van der Waals surface area contributed by atoms with Crippen LogP contribution in [0.25, 0.3) is 10.9 Å². The number of fused-ring (bicyclic) bond motifs is 1. The van der Waals surface area contributed by atoms with Gasteiger partial charge in [-0.15, -0.1) is 11.3 Å². The number of ether oxygens (including phenoxy) is 2. The van der Waals surface area contributed by atoms with E-state index in [1.807, 2.05) is 23.6 Å². The van der Waals surface area contributed by atoms with Crippen LogP contribution in [-0.4, -0.2) is 28.6 Å². The van der Waals surface area contributed by atoms with Crippen LogP contribution in [0.15, 0.2) is 29.1 Å². The molecule has 0 aliphatic carbocycles. The van der Waals surface area contributed by atoms with Crippen LogP contribution in [-0.2, 0) is 22.7 Å². The highest BCUT2D eigenvalue weighted by Crippen LogP contribution is 2.31. The minimum atomic E-state index is -0.301. The molecular weight excluding hydrogens is 362 g/mol. The first-order valence-corrected chi connectivity index (χ1v) is 9.21. The number of hydrogen-bond donors (Lipinski definition) is 2. The van der Waals surface area contributed by atoms with Gasteiger partial charge in [0.05, 0.1) is 29.4 Å². The number of carbonyl (C=O) groups is 1. The van der Waals surface area contributed by atoms with Gasteiger partial charge >= 0.3 is 0 Å². The summed E-state index contributed by atoms with van der Waals surface area (Å²) in [5.74, 6) is 0.526. The van der Waals surface area contributed by atoms with Gasteiger partial charge in [0.25, 0.3) is 0 Å². The third-order valence-electron chi connectivity index (χ3n) is 4.03. The van der Waals surface area contributed by atoms with E-state index in [0.29, 0.717) is 30.5 Å². The number of H-pyrrole nitrogens is 1. The number of hydrogen-bond acceptors (Lipinski definition) is 5. The zero-order valence-corrected chi connectivity index (χ0v) is 14.8. The molecule has 1 saturated heterocycles. The minimum Gasteiger partial charge on any atom is -0.486 e. The first kappa shape index (κ1) is 16.4. The number of thiazole rings is 1. The lowest BCUT2D eigenvalue weighted by atomic mass is 10.2. The van der Waals surface area contributed by atoms with Crippen molar-refractivity contribution in [2.24, 2.45) is 0 Å². The van der Waals surface area contributed by atoms with E-state index in [1.54, 1.807) is 5.51 Å². The number of carbonyl (C=O) groups excluding carboxylic acids is 1. The van der Waals surface area contributed by atoms with Crippen LogP contribution >= 0.6 is 22.9 Å². The summed E-state index contributed by atoms with van der Waals surface area (Å²) >= 11 is 7.83. The Morgan fingerprint density at radius 1 is 1.48 bits per heavy atom. The number of rotatable bonds is 6. The summed E-state index contributed by atoms with van der Waals surface area (Å²) in [6, 6.07) is 5.68. The molecule has 3 aromatic rings. The summed E-state index contributed by atoms with van der Waals surface area (Å²) in [6.45, 7) is 1.45. The molecule has 1 fully saturated rings. The molecule has 2 aromatic heterocycles. The van der Waals surface area contributed by atoms with Crippen LogP contribution in [0.5, 0.6) is 5.75 Å². The van der Waals surface area contributed by atoms with Crippen LogP contribution in [0.3, 0.4) is 0 Å². The molecule has 130 valence electrons. The lowest BCUT2D eigenvalue weighted by Gasteiger charge is -2.24. The maximum atomic E-state index is 11.8. The predicted octanol–water partition coefficient (Wildman–Crippen LogP) is 3.26. The van der Waals surface area contributed by atoms with E-state index in [4.69, 9.17) is 21.1 Å². The standard InChI is InChI=1S/C17H16ClN3O3S/c18-13-4-10-3-11(6-19-17(22)15-1-2-23-15)21-14(10)5-16(13)24-7-12-8-25-9-20-12/h3-5,8-9,15,21H,1-2,6-7H2,(H,19,22)/t15-/m1/s1. The predicted molar refractivity (Wildman–Crippen MR) is 96.0 cm³/mol. The highest BCUT2D eigenvalue weighted by molar-refractivity contribution is 7.07. The van der Waals surface area contributed by atoms with Gasteiger partial charge in [0.15, 0.2) is 0 Å². The Labute approximate surface area is 153 Å². The Morgan fingerprint density at radius 2 is 2.36 bits per heavy atom. The average molecular weight is 378 g/mol. The van der Waals surface area contributed by atoms with Crippen LogP contribution in [0.2, 0.25) is 5.02 Å². The van der Waals surface area contributed by atoms with Crippen molar-refractivity contribution < 1.29 is 14.3 Å². The molecule has 2 N–H and O–H groups in total. The highest BCUT2D eigenvalue weighted by atomic mass is 35.5. The van der Waals surface area contributed by atoms with E-state index in [0.717, 1.165) is 28.7 Å². The molecule has 1 aromatic carbocycles. The van der Waals surface area contributed by atoms with Gasteiger partial charge in [0.1, 0.15) is 18.5 Å². The first-order valence-electron chi connectivity index (χ1n) is 7.89. The Kier molecular flexibility index (Phi) is 4.61. The fraction of sp³-hybridized carbons (Fsp3) is 0.294. The SMILES string of the molecule is O=C(NCc1cc2cc(Cl)c(OCc3cscn3)cc2[nH]1)[C@H]1CCO1. The molecule has 0 spiro atoms. The molecule has 25 heavy (non-hydrogen) atoms. The van der Waals surface area contributed by atoms with E-state index in [9.17, 15) is 4.79 Å². The van der Waals surface area contributed by atoms with Gasteiger partial charge in [0.2, 0.25) is 5.91 Å². The number of nitrogens with one attached hydrogen (secondary N) is 2. The van der Waals surface area contributed by atoms with Gasteiger partial charge in [-0.2, -0.15) is 0 Å². The second-order valence-corrected chi connectivity index (χ2v) is 6.92. The molecule has 4 rings (SSSR count). The molecule has 0 bridgehead atoms. The zero-order chi connectivity index (χ0) is 17.2. The highest BCUT2D eigenvalue weighted by Gasteiger charge is 2.25. The topological polar surface area (TPSA) is 76.2 Å². The second kappa shape index (κ2) is 7.03. The van der Waals surface area contributed by atoms with E-state index in [-0.39, 0.29) is 12.0 Å². The maximum Gasteiger partial charge on any atom is 0.249 e. The normalized spacial score (nSPS) is 16.6. The summed E-state index contributed by atoms with van der Waals surface area (Å²) in [4.78, 5) is 19.3. The van der Waals surface area contributed by atoms with Crippen LogP contribution in [0, 0.1) is 0 Å². The number of aromatic amines is 1. The quantitative estimate of drug-likeness (QED) is 0.691. The number of halogens is 1. The Balaban J connectivity index is 1.45. The summed E-state index contributed by atoms with van der Waals surface area (Å²) in [5.41, 5.74) is 4.44. The molecule has 1 aliphatic heterocycles. The Morgan fingerprint density at radius 3 is 3.08 bits per heavy atom. The molecule has 8 heteroatoms. The molecule has 0 saturated carbocycles. The summed E-state index contributed by atoms with van der Waals surface area (Å²) < 4.78 is 10.9. The smallest absolute Gasteiger partial charge is 0.249 e. The van der Waals surface area contributed by atoms with Crippen LogP contribution in [0.1, 0.15) is 17.8 Å². The molecule has 0 unspecified atom stereocenters. The van der Waals surface area contributed by atoms with Gasteiger partial charge in [-0.05, 0) is 12.1 Å². The first-order chi connectivity index (χ1) is 12.2. The molecule has 6 nitrogen and oxygen atoms in total. The van der Waals surface area contributed by atoms with Gasteiger partial charge in [-0.1, -0.05) is 11.6 Å². The average Bonchev–Trinajstić information content (AvgIpc) is 3.17. The lowest BCUT2D eigenvalue weighted by Crippen LogP contribution is -2.42. The van der Waals surface area contributed by atoms with Crippen molar-refractivity contribution in [3.8, 4) is 5.75 Å². The third kappa shape index (κ3) is 3.63. The molecule has 0 radical (unpaired) electrons.